The normalized spacial score (nSPS) is 10.3. The van der Waals surface area contributed by atoms with Gasteiger partial charge in [0.1, 0.15) is 0 Å². The van der Waals surface area contributed by atoms with Crippen molar-refractivity contribution in [3.8, 4) is 0 Å². The first kappa shape index (κ1) is 16.1. The molecule has 0 bridgehead atoms. The molecule has 0 aliphatic rings. The van der Waals surface area contributed by atoms with Gasteiger partial charge in [0.25, 0.3) is 0 Å². The topological polar surface area (TPSA) is 32.3 Å². The van der Waals surface area contributed by atoms with Gasteiger partial charge < -0.3 is 10.2 Å². The molecule has 0 atom stereocenters. The van der Waals surface area contributed by atoms with E-state index in [0.29, 0.717) is 24.7 Å². The first-order chi connectivity index (χ1) is 9.21. The Morgan fingerprint density at radius 1 is 1.16 bits per heavy atom. The van der Waals surface area contributed by atoms with Gasteiger partial charge in [0.2, 0.25) is 5.91 Å². The van der Waals surface area contributed by atoms with Gasteiger partial charge in [0.05, 0.1) is 6.42 Å². The third kappa shape index (κ3) is 5.70. The number of alkyl halides is 2. The third-order valence-corrected chi connectivity index (χ3v) is 3.09. The van der Waals surface area contributed by atoms with Crippen LogP contribution in [0, 0.1) is 0 Å². The molecule has 0 aromatic heterocycles. The predicted octanol–water partition coefficient (Wildman–Crippen LogP) is 2.65. The van der Waals surface area contributed by atoms with E-state index in [1.54, 1.807) is 0 Å². The molecular weight excluding hydrogens is 283 g/mol. The fraction of sp³-hybridized carbons (Fsp3) is 0.500. The van der Waals surface area contributed by atoms with Crippen molar-refractivity contribution in [1.82, 2.24) is 5.32 Å². The van der Waals surface area contributed by atoms with Crippen LogP contribution in [0.15, 0.2) is 24.3 Å². The highest BCUT2D eigenvalue weighted by molar-refractivity contribution is 6.18. The van der Waals surface area contributed by atoms with Crippen molar-refractivity contribution >= 4 is 34.8 Å². The van der Waals surface area contributed by atoms with Crippen molar-refractivity contribution in [3.63, 3.8) is 0 Å². The Balaban J connectivity index is 2.65. The molecule has 3 nitrogen and oxygen atoms in total. The second-order valence-corrected chi connectivity index (χ2v) is 4.92. The van der Waals surface area contributed by atoms with Gasteiger partial charge in [0, 0.05) is 37.1 Å². The molecule has 0 aliphatic carbocycles. The van der Waals surface area contributed by atoms with Gasteiger partial charge in [-0.05, 0) is 24.6 Å². The molecule has 1 aromatic rings. The van der Waals surface area contributed by atoms with Crippen LogP contribution in [0.1, 0.15) is 12.5 Å². The zero-order valence-electron chi connectivity index (χ0n) is 11.2. The Hall–Kier alpha value is -0.930. The van der Waals surface area contributed by atoms with Gasteiger partial charge in [-0.25, -0.2) is 0 Å². The number of halogens is 2. The molecule has 5 heteroatoms. The zero-order chi connectivity index (χ0) is 14.1. The summed E-state index contributed by atoms with van der Waals surface area (Å²) in [6.07, 6.45) is 0.416. The number of rotatable bonds is 8. The quantitative estimate of drug-likeness (QED) is 0.749. The van der Waals surface area contributed by atoms with E-state index in [-0.39, 0.29) is 5.91 Å². The fourth-order valence-corrected chi connectivity index (χ4v) is 2.25. The van der Waals surface area contributed by atoms with E-state index in [0.717, 1.165) is 24.3 Å². The molecule has 106 valence electrons. The summed E-state index contributed by atoms with van der Waals surface area (Å²) in [5, 5.41) is 2.79. The van der Waals surface area contributed by atoms with Gasteiger partial charge in [-0.3, -0.25) is 4.79 Å². The monoisotopic (exact) mass is 302 g/mol. The first-order valence-electron chi connectivity index (χ1n) is 6.43. The van der Waals surface area contributed by atoms with Crippen LogP contribution in [0.2, 0.25) is 0 Å². The van der Waals surface area contributed by atoms with Gasteiger partial charge in [-0.2, -0.15) is 0 Å². The maximum atomic E-state index is 11.5. The Bertz CT molecular complexity index is 376. The van der Waals surface area contributed by atoms with Gasteiger partial charge >= 0.3 is 0 Å². The molecule has 0 saturated carbocycles. The average Bonchev–Trinajstić information content (AvgIpc) is 2.40. The third-order valence-electron chi connectivity index (χ3n) is 2.75. The molecule has 0 saturated heterocycles. The summed E-state index contributed by atoms with van der Waals surface area (Å²) in [5.41, 5.74) is 2.09. The van der Waals surface area contributed by atoms with Crippen LogP contribution in [0.5, 0.6) is 0 Å². The van der Waals surface area contributed by atoms with E-state index < -0.39 is 0 Å². The summed E-state index contributed by atoms with van der Waals surface area (Å²) < 4.78 is 0. The van der Waals surface area contributed by atoms with Crippen LogP contribution in [-0.2, 0) is 11.2 Å². The van der Waals surface area contributed by atoms with Gasteiger partial charge in [-0.15, -0.1) is 23.2 Å². The molecular formula is C14H20Cl2N2O. The highest BCUT2D eigenvalue weighted by Crippen LogP contribution is 2.16. The molecule has 1 aromatic carbocycles. The number of nitrogens with zero attached hydrogens (tertiary/aromatic N) is 1. The molecule has 19 heavy (non-hydrogen) atoms. The molecule has 0 fully saturated rings. The summed E-state index contributed by atoms with van der Waals surface area (Å²) in [5.74, 6) is 1.18. The minimum absolute atomic E-state index is 0.0497. The molecule has 1 amide bonds. The Kier molecular flexibility index (Phi) is 7.68. The number of likely N-dealkylation sites (N-methyl/N-ethyl adjacent to an activating group) is 1. The standard InChI is InChI=1S/C14H20Cl2N2O/c1-2-17-14(19)11-12-3-5-13(6-4-12)18(9-7-15)10-8-16/h3-6H,2,7-11H2,1H3,(H,17,19). The Morgan fingerprint density at radius 3 is 2.21 bits per heavy atom. The molecule has 0 spiro atoms. The van der Waals surface area contributed by atoms with Crippen LogP contribution < -0.4 is 10.2 Å². The molecule has 1 rings (SSSR count). The van der Waals surface area contributed by atoms with Crippen molar-refractivity contribution in [3.05, 3.63) is 29.8 Å². The number of benzene rings is 1. The van der Waals surface area contributed by atoms with Gasteiger partial charge in [-0.1, -0.05) is 12.1 Å². The number of carbonyl (C=O) groups excluding carboxylic acids is 1. The maximum Gasteiger partial charge on any atom is 0.224 e. The summed E-state index contributed by atoms with van der Waals surface area (Å²) in [6, 6.07) is 7.96. The zero-order valence-corrected chi connectivity index (χ0v) is 12.7. The smallest absolute Gasteiger partial charge is 0.224 e. The van der Waals surface area contributed by atoms with E-state index in [4.69, 9.17) is 23.2 Å². The summed E-state index contributed by atoms with van der Waals surface area (Å²) >= 11 is 11.6. The maximum absolute atomic E-state index is 11.5. The highest BCUT2D eigenvalue weighted by Gasteiger charge is 2.06. The molecule has 0 heterocycles. The van der Waals surface area contributed by atoms with Crippen molar-refractivity contribution in [2.45, 2.75) is 13.3 Å². The lowest BCUT2D eigenvalue weighted by Crippen LogP contribution is -2.27. The summed E-state index contributed by atoms with van der Waals surface area (Å²) in [6.45, 7) is 4.11. The highest BCUT2D eigenvalue weighted by atomic mass is 35.5. The number of anilines is 1. The fourth-order valence-electron chi connectivity index (χ4n) is 1.84. The average molecular weight is 303 g/mol. The number of hydrogen-bond donors (Lipinski definition) is 1. The van der Waals surface area contributed by atoms with Crippen LogP contribution in [0.25, 0.3) is 0 Å². The molecule has 0 unspecified atom stereocenters. The van der Waals surface area contributed by atoms with Crippen molar-refractivity contribution in [2.75, 3.05) is 36.3 Å². The van der Waals surface area contributed by atoms with E-state index in [1.165, 1.54) is 0 Å². The minimum Gasteiger partial charge on any atom is -0.369 e. The van der Waals surface area contributed by atoms with E-state index >= 15 is 0 Å². The number of hydrogen-bond acceptors (Lipinski definition) is 2. The lowest BCUT2D eigenvalue weighted by Gasteiger charge is -2.23. The number of carbonyl (C=O) groups is 1. The molecule has 0 aliphatic heterocycles. The van der Waals surface area contributed by atoms with Crippen LogP contribution in [0.3, 0.4) is 0 Å². The molecule has 0 radical (unpaired) electrons. The predicted molar refractivity (Wildman–Crippen MR) is 82.5 cm³/mol. The lowest BCUT2D eigenvalue weighted by molar-refractivity contribution is -0.120. The van der Waals surface area contributed by atoms with Crippen molar-refractivity contribution in [1.29, 1.82) is 0 Å². The number of amides is 1. The van der Waals surface area contributed by atoms with Gasteiger partial charge in [0.15, 0.2) is 0 Å². The second kappa shape index (κ2) is 9.05. The first-order valence-corrected chi connectivity index (χ1v) is 7.50. The number of nitrogens with one attached hydrogen (secondary N) is 1. The van der Waals surface area contributed by atoms with E-state index in [2.05, 4.69) is 10.2 Å². The van der Waals surface area contributed by atoms with Crippen LogP contribution >= 0.6 is 23.2 Å². The van der Waals surface area contributed by atoms with Crippen molar-refractivity contribution < 1.29 is 4.79 Å². The van der Waals surface area contributed by atoms with Crippen LogP contribution in [0.4, 0.5) is 5.69 Å². The van der Waals surface area contributed by atoms with Crippen LogP contribution in [-0.4, -0.2) is 37.3 Å². The summed E-state index contributed by atoms with van der Waals surface area (Å²) in [7, 11) is 0. The lowest BCUT2D eigenvalue weighted by atomic mass is 10.1. The second-order valence-electron chi connectivity index (χ2n) is 4.16. The Labute approximate surface area is 124 Å². The SMILES string of the molecule is CCNC(=O)Cc1ccc(N(CCCl)CCCl)cc1. The van der Waals surface area contributed by atoms with E-state index in [1.807, 2.05) is 31.2 Å². The summed E-state index contributed by atoms with van der Waals surface area (Å²) in [4.78, 5) is 13.6. The molecule has 1 N–H and O–H groups in total. The Morgan fingerprint density at radius 2 is 1.74 bits per heavy atom. The van der Waals surface area contributed by atoms with E-state index in [9.17, 15) is 4.79 Å². The largest absolute Gasteiger partial charge is 0.369 e. The minimum atomic E-state index is 0.0497. The van der Waals surface area contributed by atoms with Crippen molar-refractivity contribution in [2.24, 2.45) is 0 Å².